The summed E-state index contributed by atoms with van der Waals surface area (Å²) in [5, 5.41) is 0. The van der Waals surface area contributed by atoms with Crippen molar-refractivity contribution in [3.05, 3.63) is 0 Å². The Morgan fingerprint density at radius 2 is 1.83 bits per heavy atom. The van der Waals surface area contributed by atoms with Gasteiger partial charge in [0.25, 0.3) is 0 Å². The number of rotatable bonds is 5. The van der Waals surface area contributed by atoms with Gasteiger partial charge in [-0.15, -0.1) is 0 Å². The highest BCUT2D eigenvalue weighted by Crippen LogP contribution is 2.30. The second-order valence-electron chi connectivity index (χ2n) is 4.77. The zero-order valence-corrected chi connectivity index (χ0v) is 9.05. The van der Waals surface area contributed by atoms with Gasteiger partial charge in [0.15, 0.2) is 0 Å². The highest BCUT2D eigenvalue weighted by molar-refractivity contribution is 5.53. The van der Waals surface area contributed by atoms with Gasteiger partial charge in [-0.25, -0.2) is 0 Å². The molecule has 0 radical (unpaired) electrons. The number of hydrogen-bond acceptors (Lipinski definition) is 1. The van der Waals surface area contributed by atoms with E-state index in [9.17, 15) is 4.79 Å². The summed E-state index contributed by atoms with van der Waals surface area (Å²) in [6.07, 6.45) is 3.27. The molecule has 1 atom stereocenters. The predicted molar refractivity (Wildman–Crippen MR) is 53.1 cm³/mol. The molecule has 12 heavy (non-hydrogen) atoms. The van der Waals surface area contributed by atoms with Crippen LogP contribution in [0.3, 0.4) is 0 Å². The normalized spacial score (nSPS) is 14.8. The van der Waals surface area contributed by atoms with E-state index in [1.54, 1.807) is 0 Å². The summed E-state index contributed by atoms with van der Waals surface area (Å²) in [6, 6.07) is 0. The molecule has 0 aromatic rings. The summed E-state index contributed by atoms with van der Waals surface area (Å²) in [7, 11) is 0. The molecule has 0 aromatic carbocycles. The minimum atomic E-state index is 0.236. The quantitative estimate of drug-likeness (QED) is 0.579. The lowest BCUT2D eigenvalue weighted by Crippen LogP contribution is -2.20. The number of aldehydes is 1. The van der Waals surface area contributed by atoms with Crippen LogP contribution in [0.2, 0.25) is 0 Å². The molecule has 0 rings (SSSR count). The Morgan fingerprint density at radius 1 is 1.33 bits per heavy atom. The Bertz CT molecular complexity index is 136. The fourth-order valence-electron chi connectivity index (χ4n) is 1.22. The van der Waals surface area contributed by atoms with E-state index in [1.807, 2.05) is 0 Å². The van der Waals surface area contributed by atoms with Crippen LogP contribution < -0.4 is 0 Å². The summed E-state index contributed by atoms with van der Waals surface area (Å²) in [4.78, 5) is 10.7. The van der Waals surface area contributed by atoms with Crippen molar-refractivity contribution < 1.29 is 4.79 Å². The number of carbonyl (C=O) groups excluding carboxylic acids is 1. The van der Waals surface area contributed by atoms with E-state index >= 15 is 0 Å². The Balaban J connectivity index is 4.10. The molecule has 0 N–H and O–H groups in total. The molecule has 0 bridgehead atoms. The average Bonchev–Trinajstić information content (AvgIpc) is 2.00. The Labute approximate surface area is 76.6 Å². The Kier molecular flexibility index (Phi) is 4.51. The molecule has 1 unspecified atom stereocenters. The molecule has 72 valence electrons. The van der Waals surface area contributed by atoms with Crippen molar-refractivity contribution in [3.8, 4) is 0 Å². The molecule has 1 nitrogen and oxygen atoms in total. The van der Waals surface area contributed by atoms with Gasteiger partial charge in [-0.3, -0.25) is 0 Å². The van der Waals surface area contributed by atoms with Gasteiger partial charge in [-0.1, -0.05) is 41.0 Å². The molecule has 0 fully saturated rings. The molecular formula is C11H22O. The molecular weight excluding hydrogens is 148 g/mol. The third-order valence-corrected chi connectivity index (χ3v) is 2.78. The molecule has 0 saturated carbocycles. The third-order valence-electron chi connectivity index (χ3n) is 2.78. The molecule has 0 spiro atoms. The first kappa shape index (κ1) is 11.7. The lowest BCUT2D eigenvalue weighted by molar-refractivity contribution is -0.113. The first-order valence-electron chi connectivity index (χ1n) is 4.88. The first-order valence-corrected chi connectivity index (χ1v) is 4.88. The molecule has 0 heterocycles. The summed E-state index contributed by atoms with van der Waals surface area (Å²) in [5.41, 5.74) is 0.315. The maximum atomic E-state index is 10.7. The maximum absolute atomic E-state index is 10.7. The Morgan fingerprint density at radius 3 is 2.08 bits per heavy atom. The van der Waals surface area contributed by atoms with Crippen LogP contribution in [-0.4, -0.2) is 6.29 Å². The molecule has 0 saturated heterocycles. The number of hydrogen-bond donors (Lipinski definition) is 0. The van der Waals surface area contributed by atoms with Crippen LogP contribution in [0, 0.1) is 17.3 Å². The van der Waals surface area contributed by atoms with Gasteiger partial charge in [0, 0.05) is 5.92 Å². The minimum Gasteiger partial charge on any atom is -0.303 e. The van der Waals surface area contributed by atoms with Crippen molar-refractivity contribution in [1.29, 1.82) is 0 Å². The lowest BCUT2D eigenvalue weighted by atomic mass is 9.77. The fraction of sp³-hybridized carbons (Fsp3) is 0.909. The van der Waals surface area contributed by atoms with Crippen LogP contribution in [0.1, 0.15) is 47.5 Å². The molecule has 0 aliphatic heterocycles. The van der Waals surface area contributed by atoms with Gasteiger partial charge in [0.2, 0.25) is 0 Å². The van der Waals surface area contributed by atoms with E-state index in [0.29, 0.717) is 11.3 Å². The Hall–Kier alpha value is -0.330. The monoisotopic (exact) mass is 170 g/mol. The predicted octanol–water partition coefficient (Wildman–Crippen LogP) is 3.28. The van der Waals surface area contributed by atoms with Gasteiger partial charge in [0.1, 0.15) is 6.29 Å². The van der Waals surface area contributed by atoms with Gasteiger partial charge >= 0.3 is 0 Å². The molecule has 0 aromatic heterocycles. The molecule has 0 amide bonds. The van der Waals surface area contributed by atoms with Gasteiger partial charge in [-0.05, 0) is 17.8 Å². The number of carbonyl (C=O) groups is 1. The smallest absolute Gasteiger partial charge is 0.123 e. The van der Waals surface area contributed by atoms with Gasteiger partial charge in [0.05, 0.1) is 0 Å². The van der Waals surface area contributed by atoms with E-state index < -0.39 is 0 Å². The lowest BCUT2D eigenvalue weighted by Gasteiger charge is -2.27. The largest absolute Gasteiger partial charge is 0.303 e. The highest BCUT2D eigenvalue weighted by Gasteiger charge is 2.23. The summed E-state index contributed by atoms with van der Waals surface area (Å²) in [5.74, 6) is 0.716. The van der Waals surface area contributed by atoms with Crippen molar-refractivity contribution >= 4 is 6.29 Å². The van der Waals surface area contributed by atoms with Crippen molar-refractivity contribution in [1.82, 2.24) is 0 Å². The zero-order chi connectivity index (χ0) is 9.78. The minimum absolute atomic E-state index is 0.236. The van der Waals surface area contributed by atoms with E-state index in [4.69, 9.17) is 0 Å². The van der Waals surface area contributed by atoms with E-state index in [-0.39, 0.29) is 5.92 Å². The fourth-order valence-corrected chi connectivity index (χ4v) is 1.22. The first-order chi connectivity index (χ1) is 5.43. The van der Waals surface area contributed by atoms with Gasteiger partial charge < -0.3 is 4.79 Å². The third kappa shape index (κ3) is 3.89. The molecule has 0 aliphatic rings. The second-order valence-corrected chi connectivity index (χ2v) is 4.77. The van der Waals surface area contributed by atoms with Crippen LogP contribution >= 0.6 is 0 Å². The van der Waals surface area contributed by atoms with E-state index in [1.165, 1.54) is 0 Å². The van der Waals surface area contributed by atoms with Crippen molar-refractivity contribution in [3.63, 3.8) is 0 Å². The summed E-state index contributed by atoms with van der Waals surface area (Å²) in [6.45, 7) is 10.9. The van der Waals surface area contributed by atoms with Crippen molar-refractivity contribution in [2.75, 3.05) is 0 Å². The molecule has 1 heteroatoms. The average molecular weight is 170 g/mol. The standard InChI is InChI=1S/C11H22O/c1-6-11(4,5)7-10(8-12)9(2)3/h8-10H,6-7H2,1-5H3. The van der Waals surface area contributed by atoms with Crippen LogP contribution in [-0.2, 0) is 4.79 Å². The van der Waals surface area contributed by atoms with E-state index in [2.05, 4.69) is 34.6 Å². The van der Waals surface area contributed by atoms with Gasteiger partial charge in [-0.2, -0.15) is 0 Å². The van der Waals surface area contributed by atoms with Crippen LogP contribution in [0.4, 0.5) is 0 Å². The highest BCUT2D eigenvalue weighted by atomic mass is 16.1. The molecule has 0 aliphatic carbocycles. The maximum Gasteiger partial charge on any atom is 0.123 e. The summed E-state index contributed by atoms with van der Waals surface area (Å²) < 4.78 is 0. The zero-order valence-electron chi connectivity index (χ0n) is 9.05. The van der Waals surface area contributed by atoms with E-state index in [0.717, 1.165) is 19.1 Å². The van der Waals surface area contributed by atoms with Crippen LogP contribution in [0.15, 0.2) is 0 Å². The topological polar surface area (TPSA) is 17.1 Å². The van der Waals surface area contributed by atoms with Crippen molar-refractivity contribution in [2.45, 2.75) is 47.5 Å². The van der Waals surface area contributed by atoms with Crippen LogP contribution in [0.5, 0.6) is 0 Å². The SMILES string of the molecule is CCC(C)(C)CC(C=O)C(C)C. The van der Waals surface area contributed by atoms with Crippen LogP contribution in [0.25, 0.3) is 0 Å². The summed E-state index contributed by atoms with van der Waals surface area (Å²) >= 11 is 0. The second kappa shape index (κ2) is 4.64. The van der Waals surface area contributed by atoms with Crippen molar-refractivity contribution in [2.24, 2.45) is 17.3 Å².